The van der Waals surface area contributed by atoms with Crippen LogP contribution >= 0.6 is 0 Å². The van der Waals surface area contributed by atoms with Crippen molar-refractivity contribution in [1.29, 1.82) is 0 Å². The quantitative estimate of drug-likeness (QED) is 0.611. The van der Waals surface area contributed by atoms with E-state index in [0.29, 0.717) is 0 Å². The van der Waals surface area contributed by atoms with Gasteiger partial charge in [0.15, 0.2) is 11.5 Å². The number of phenols is 1. The highest BCUT2D eigenvalue weighted by Crippen LogP contribution is 2.42. The normalized spacial score (nSPS) is 11.4. The summed E-state index contributed by atoms with van der Waals surface area (Å²) in [6, 6.07) is 5.17. The van der Waals surface area contributed by atoms with E-state index in [-0.39, 0.29) is 39.3 Å². The number of rotatable bonds is 5. The minimum atomic E-state index is -4.60. The Bertz CT molecular complexity index is 1230. The smallest absolute Gasteiger partial charge is 0.298 e. The van der Waals surface area contributed by atoms with Crippen LogP contribution in [0.3, 0.4) is 0 Å². The van der Waals surface area contributed by atoms with Gasteiger partial charge in [-0.15, -0.1) is 0 Å². The molecule has 1 heterocycles. The molecule has 28 heavy (non-hydrogen) atoms. The zero-order chi connectivity index (χ0) is 20.6. The van der Waals surface area contributed by atoms with Crippen LogP contribution < -0.4 is 19.6 Å². The summed E-state index contributed by atoms with van der Waals surface area (Å²) >= 11 is 0. The molecule has 0 amide bonds. The number of ether oxygens (including phenoxy) is 3. The summed E-state index contributed by atoms with van der Waals surface area (Å²) in [6.45, 7) is 0. The van der Waals surface area contributed by atoms with Crippen LogP contribution in [-0.4, -0.2) is 39.4 Å². The van der Waals surface area contributed by atoms with E-state index in [1.54, 1.807) is 0 Å². The first-order valence-corrected chi connectivity index (χ1v) is 9.22. The molecule has 0 radical (unpaired) electrons. The van der Waals surface area contributed by atoms with Crippen molar-refractivity contribution < 1.29 is 36.7 Å². The Labute approximate surface area is 159 Å². The van der Waals surface area contributed by atoms with Crippen molar-refractivity contribution in [3.8, 4) is 34.1 Å². The molecule has 10 heteroatoms. The Balaban J connectivity index is 2.33. The average molecular weight is 408 g/mol. The molecule has 2 N–H and O–H groups in total. The maximum absolute atomic E-state index is 13.0. The third kappa shape index (κ3) is 3.12. The largest absolute Gasteiger partial charge is 0.504 e. The van der Waals surface area contributed by atoms with Crippen molar-refractivity contribution in [2.24, 2.45) is 0 Å². The van der Waals surface area contributed by atoms with Crippen LogP contribution in [0.2, 0.25) is 0 Å². The minimum Gasteiger partial charge on any atom is -0.504 e. The summed E-state index contributed by atoms with van der Waals surface area (Å²) in [5.41, 5.74) is -0.487. The van der Waals surface area contributed by atoms with Crippen LogP contribution in [-0.2, 0) is 10.1 Å². The summed E-state index contributed by atoms with van der Waals surface area (Å²) in [5.74, 6) is -0.448. The molecule has 0 spiro atoms. The van der Waals surface area contributed by atoms with Crippen molar-refractivity contribution in [3.63, 3.8) is 0 Å². The first kappa shape index (κ1) is 19.5. The Morgan fingerprint density at radius 3 is 2.25 bits per heavy atom. The fourth-order valence-electron chi connectivity index (χ4n) is 2.82. The Morgan fingerprint density at radius 2 is 1.68 bits per heavy atom. The molecule has 2 aromatic carbocycles. The second-order valence-electron chi connectivity index (χ2n) is 5.65. The third-order valence-electron chi connectivity index (χ3n) is 4.14. The predicted octanol–water partition coefficient (Wildman–Crippen LogP) is 2.44. The van der Waals surface area contributed by atoms with Crippen LogP contribution in [0.4, 0.5) is 0 Å². The summed E-state index contributed by atoms with van der Waals surface area (Å²) in [4.78, 5) is 12.5. The van der Waals surface area contributed by atoms with Crippen LogP contribution in [0.1, 0.15) is 0 Å². The molecule has 0 fully saturated rings. The molecule has 0 aliphatic carbocycles. The van der Waals surface area contributed by atoms with Gasteiger partial charge in [0.2, 0.25) is 11.2 Å². The molecular formula is C18H16O9S. The number of methoxy groups -OCH3 is 3. The van der Waals surface area contributed by atoms with Crippen LogP contribution in [0.25, 0.3) is 22.1 Å². The molecule has 0 unspecified atom stereocenters. The van der Waals surface area contributed by atoms with Gasteiger partial charge in [0.1, 0.15) is 27.9 Å². The summed E-state index contributed by atoms with van der Waals surface area (Å²) < 4.78 is 53.2. The highest BCUT2D eigenvalue weighted by atomic mass is 32.2. The standard InChI is InChI=1S/C18H16O9S/c1-24-11-5-4-9(6-14(11)28(21,22)23)10-8-27-12-7-13(25-2)18(26-3)17(20)15(12)16(10)19/h4-8,20H,1-3H3,(H,21,22,23). The summed E-state index contributed by atoms with van der Waals surface area (Å²) in [7, 11) is -0.694. The minimum absolute atomic E-state index is 0.0393. The molecule has 0 atom stereocenters. The van der Waals surface area contributed by atoms with Crippen molar-refractivity contribution >= 4 is 21.1 Å². The summed E-state index contributed by atoms with van der Waals surface area (Å²) in [6.07, 6.45) is 1.12. The van der Waals surface area contributed by atoms with Gasteiger partial charge in [-0.05, 0) is 17.7 Å². The van der Waals surface area contributed by atoms with Gasteiger partial charge in [0.05, 0.1) is 26.9 Å². The summed E-state index contributed by atoms with van der Waals surface area (Å²) in [5, 5.41) is 10.3. The number of aromatic hydroxyl groups is 1. The van der Waals surface area contributed by atoms with E-state index in [1.165, 1.54) is 39.5 Å². The molecule has 0 saturated carbocycles. The van der Waals surface area contributed by atoms with Gasteiger partial charge < -0.3 is 23.7 Å². The molecule has 0 bridgehead atoms. The number of fused-ring (bicyclic) bond motifs is 1. The van der Waals surface area contributed by atoms with Crippen LogP contribution in [0.15, 0.2) is 44.6 Å². The second-order valence-corrected chi connectivity index (χ2v) is 7.04. The first-order chi connectivity index (χ1) is 13.2. The van der Waals surface area contributed by atoms with E-state index in [4.69, 9.17) is 18.6 Å². The van der Waals surface area contributed by atoms with E-state index in [2.05, 4.69) is 0 Å². The van der Waals surface area contributed by atoms with E-state index >= 15 is 0 Å². The lowest BCUT2D eigenvalue weighted by molar-refractivity contribution is 0.334. The second kappa shape index (κ2) is 7.06. The fourth-order valence-corrected chi connectivity index (χ4v) is 3.50. The molecule has 3 rings (SSSR count). The van der Waals surface area contributed by atoms with E-state index < -0.39 is 26.2 Å². The van der Waals surface area contributed by atoms with Gasteiger partial charge in [-0.3, -0.25) is 9.35 Å². The zero-order valence-corrected chi connectivity index (χ0v) is 15.9. The lowest BCUT2D eigenvalue weighted by Gasteiger charge is -2.12. The molecule has 1 aromatic heterocycles. The molecule has 0 aliphatic rings. The van der Waals surface area contributed by atoms with Crippen molar-refractivity contribution in [2.45, 2.75) is 4.90 Å². The Morgan fingerprint density at radius 1 is 1.00 bits per heavy atom. The van der Waals surface area contributed by atoms with Gasteiger partial charge in [-0.1, -0.05) is 6.07 Å². The first-order valence-electron chi connectivity index (χ1n) is 7.78. The lowest BCUT2D eigenvalue weighted by atomic mass is 10.0. The number of hydrogen-bond donors (Lipinski definition) is 2. The number of hydrogen-bond acceptors (Lipinski definition) is 8. The molecule has 9 nitrogen and oxygen atoms in total. The number of benzene rings is 2. The van der Waals surface area contributed by atoms with Crippen molar-refractivity contribution in [1.82, 2.24) is 0 Å². The predicted molar refractivity (Wildman–Crippen MR) is 99.1 cm³/mol. The van der Waals surface area contributed by atoms with Gasteiger partial charge >= 0.3 is 0 Å². The SMILES string of the molecule is COc1ccc(-c2coc3cc(OC)c(OC)c(O)c3c2=O)cc1S(=O)(=O)O. The van der Waals surface area contributed by atoms with Crippen molar-refractivity contribution in [2.75, 3.05) is 21.3 Å². The highest BCUT2D eigenvalue weighted by Gasteiger charge is 2.22. The van der Waals surface area contributed by atoms with Gasteiger partial charge in [-0.2, -0.15) is 8.42 Å². The maximum atomic E-state index is 13.0. The van der Waals surface area contributed by atoms with Crippen LogP contribution in [0.5, 0.6) is 23.0 Å². The highest BCUT2D eigenvalue weighted by molar-refractivity contribution is 7.86. The average Bonchev–Trinajstić information content (AvgIpc) is 2.66. The maximum Gasteiger partial charge on any atom is 0.298 e. The molecule has 3 aromatic rings. The molecule has 148 valence electrons. The third-order valence-corrected chi connectivity index (χ3v) is 5.01. The monoisotopic (exact) mass is 408 g/mol. The van der Waals surface area contributed by atoms with Gasteiger partial charge in [0, 0.05) is 6.07 Å². The van der Waals surface area contributed by atoms with Gasteiger partial charge in [0.25, 0.3) is 10.1 Å². The van der Waals surface area contributed by atoms with E-state index in [9.17, 15) is 22.9 Å². The lowest BCUT2D eigenvalue weighted by Crippen LogP contribution is -2.07. The van der Waals surface area contributed by atoms with E-state index in [0.717, 1.165) is 12.3 Å². The molecule has 0 aliphatic heterocycles. The Hall–Kier alpha value is -3.24. The van der Waals surface area contributed by atoms with E-state index in [1.807, 2.05) is 0 Å². The Kier molecular flexibility index (Phi) is 4.92. The van der Waals surface area contributed by atoms with Crippen LogP contribution in [0, 0.1) is 0 Å². The van der Waals surface area contributed by atoms with Gasteiger partial charge in [-0.25, -0.2) is 0 Å². The molecule has 0 saturated heterocycles. The fraction of sp³-hybridized carbons (Fsp3) is 0.167. The topological polar surface area (TPSA) is 132 Å². The van der Waals surface area contributed by atoms with Crippen molar-refractivity contribution in [3.05, 3.63) is 40.8 Å². The number of phenolic OH excluding ortho intramolecular Hbond substituents is 1. The molecular weight excluding hydrogens is 392 g/mol. The zero-order valence-electron chi connectivity index (χ0n) is 15.0.